The van der Waals surface area contributed by atoms with E-state index in [1.54, 1.807) is 24.0 Å². The molecule has 60 heavy (non-hydrogen) atoms. The first-order valence-corrected chi connectivity index (χ1v) is 20.7. The van der Waals surface area contributed by atoms with E-state index in [-0.39, 0.29) is 47.6 Å². The van der Waals surface area contributed by atoms with Crippen LogP contribution in [0.1, 0.15) is 96.7 Å². The van der Waals surface area contributed by atoms with Crippen LogP contribution in [0.25, 0.3) is 16.7 Å². The summed E-state index contributed by atoms with van der Waals surface area (Å²) in [5.41, 5.74) is 2.57. The minimum atomic E-state index is -2.86. The lowest BCUT2D eigenvalue weighted by Gasteiger charge is -2.37. The topological polar surface area (TPSA) is 166 Å². The van der Waals surface area contributed by atoms with Crippen molar-refractivity contribution in [3.8, 4) is 11.8 Å². The molecular formula is C42H47F2N11O5. The number of alkyl halides is 2. The van der Waals surface area contributed by atoms with Crippen molar-refractivity contribution in [1.82, 2.24) is 48.6 Å². The summed E-state index contributed by atoms with van der Waals surface area (Å²) in [6.07, 6.45) is 6.62. The maximum atomic E-state index is 14.2. The Morgan fingerprint density at radius 1 is 1.03 bits per heavy atom. The summed E-state index contributed by atoms with van der Waals surface area (Å²) in [5, 5.41) is 13.5. The molecule has 1 unspecified atom stereocenters. The number of imide groups is 1. The van der Waals surface area contributed by atoms with Crippen LogP contribution in [0.5, 0.6) is 0 Å². The molecule has 0 bridgehead atoms. The quantitative estimate of drug-likeness (QED) is 0.166. The van der Waals surface area contributed by atoms with Gasteiger partial charge in [0.1, 0.15) is 11.6 Å². The van der Waals surface area contributed by atoms with Crippen LogP contribution >= 0.6 is 0 Å². The molecular weight excluding hydrogens is 777 g/mol. The Labute approximate surface area is 343 Å². The van der Waals surface area contributed by atoms with Crippen LogP contribution in [0.2, 0.25) is 0 Å². The van der Waals surface area contributed by atoms with Crippen molar-refractivity contribution in [1.29, 1.82) is 0 Å². The number of aromatic nitrogens is 7. The fraction of sp³-hybridized carbons (Fsp3) is 0.500. The van der Waals surface area contributed by atoms with Gasteiger partial charge in [-0.05, 0) is 62.6 Å². The van der Waals surface area contributed by atoms with E-state index in [2.05, 4.69) is 47.5 Å². The summed E-state index contributed by atoms with van der Waals surface area (Å²) in [7, 11) is 1.67. The van der Waals surface area contributed by atoms with Crippen LogP contribution in [0.4, 0.5) is 14.5 Å². The Morgan fingerprint density at radius 3 is 2.58 bits per heavy atom. The normalized spacial score (nSPS) is 23.0. The zero-order chi connectivity index (χ0) is 41.5. The fourth-order valence-corrected chi connectivity index (χ4v) is 9.18. The molecule has 18 heteroatoms. The molecule has 1 aromatic carbocycles. The third kappa shape index (κ3) is 7.84. The third-order valence-corrected chi connectivity index (χ3v) is 12.5. The Hall–Kier alpha value is -5.77. The van der Waals surface area contributed by atoms with E-state index in [4.69, 9.17) is 4.74 Å². The molecule has 3 amide bonds. The minimum absolute atomic E-state index is 0.00841. The molecule has 4 fully saturated rings. The lowest BCUT2D eigenvalue weighted by molar-refractivity contribution is -0.135. The molecule has 0 spiro atoms. The standard InChI is InChI=1S/C42H47F2N11O5/c1-50-37-27(4-2-6-33(37)55(42(50)59)34-11-12-35(56)48-41(34)58)5-3-15-51-17-19-52(20-18-51)23-26-7-9-29(10-8-26)54-24-32(36(49-54)38(43)44)47-40(57)30-22-45-53-16-13-31(46-39(30)53)28-14-21-60-25-28/h2,4,6,13,16,22,24,26,28-29,34,38H,7-12,14-15,17-21,23,25H2,1H3,(H,47,57)(H,48,56,58)/t26?,28-,29?,34?/m1/s1. The molecule has 3 aliphatic heterocycles. The molecule has 2 atom stereocenters. The van der Waals surface area contributed by atoms with E-state index in [0.29, 0.717) is 47.9 Å². The number of para-hydroxylation sites is 1. The molecule has 3 saturated heterocycles. The Morgan fingerprint density at radius 2 is 1.83 bits per heavy atom. The van der Waals surface area contributed by atoms with E-state index < -0.39 is 30.0 Å². The second-order valence-corrected chi connectivity index (χ2v) is 16.3. The van der Waals surface area contributed by atoms with Gasteiger partial charge in [-0.25, -0.2) is 23.1 Å². The number of halogens is 2. The highest BCUT2D eigenvalue weighted by atomic mass is 19.3. The van der Waals surface area contributed by atoms with Crippen LogP contribution in [-0.4, -0.2) is 114 Å². The zero-order valence-corrected chi connectivity index (χ0v) is 33.4. The van der Waals surface area contributed by atoms with Gasteiger partial charge in [0.25, 0.3) is 12.3 Å². The number of hydrogen-bond donors (Lipinski definition) is 2. The number of rotatable bonds is 9. The maximum Gasteiger partial charge on any atom is 0.329 e. The number of hydrogen-bond acceptors (Lipinski definition) is 10. The number of benzene rings is 1. The van der Waals surface area contributed by atoms with E-state index in [1.165, 1.54) is 26.0 Å². The van der Waals surface area contributed by atoms with Crippen LogP contribution < -0.4 is 16.3 Å². The number of nitrogens with one attached hydrogen (secondary N) is 2. The van der Waals surface area contributed by atoms with Crippen molar-refractivity contribution < 1.29 is 27.9 Å². The van der Waals surface area contributed by atoms with Gasteiger partial charge in [0, 0.05) is 76.8 Å². The van der Waals surface area contributed by atoms with Gasteiger partial charge < -0.3 is 15.0 Å². The number of imidazole rings is 1. The van der Waals surface area contributed by atoms with Gasteiger partial charge >= 0.3 is 5.69 Å². The monoisotopic (exact) mass is 823 g/mol. The smallest absolute Gasteiger partial charge is 0.329 e. The number of anilines is 1. The molecule has 1 aliphatic carbocycles. The third-order valence-electron chi connectivity index (χ3n) is 12.5. The Bertz CT molecular complexity index is 2560. The SMILES string of the molecule is Cn1c(=O)n(C2CCC(=O)NC2=O)c2cccc(C#CCN3CCN(CC4CCC(n5cc(NC(=O)c6cnn7ccc([C@@H]8CCOC8)nc67)c(C(F)F)n5)CC4)CC3)c21. The first kappa shape index (κ1) is 39.7. The van der Waals surface area contributed by atoms with E-state index in [9.17, 15) is 28.0 Å². The van der Waals surface area contributed by atoms with Crippen LogP contribution in [0, 0.1) is 17.8 Å². The number of fused-ring (bicyclic) bond motifs is 2. The molecule has 9 rings (SSSR count). The lowest BCUT2D eigenvalue weighted by atomic mass is 9.85. The molecule has 314 valence electrons. The van der Waals surface area contributed by atoms with Crippen LogP contribution in [0.15, 0.2) is 47.7 Å². The number of amides is 3. The van der Waals surface area contributed by atoms with E-state index in [1.807, 2.05) is 18.2 Å². The van der Waals surface area contributed by atoms with Crippen molar-refractivity contribution in [3.63, 3.8) is 0 Å². The summed E-state index contributed by atoms with van der Waals surface area (Å²) >= 11 is 0. The number of piperazine rings is 1. The predicted octanol–water partition coefficient (Wildman–Crippen LogP) is 3.65. The van der Waals surface area contributed by atoms with Crippen molar-refractivity contribution in [2.45, 2.75) is 69.4 Å². The van der Waals surface area contributed by atoms with Crippen molar-refractivity contribution >= 4 is 40.1 Å². The first-order chi connectivity index (χ1) is 29.1. The van der Waals surface area contributed by atoms with Crippen LogP contribution in [-0.2, 0) is 21.4 Å². The van der Waals surface area contributed by atoms with Gasteiger partial charge in [-0.2, -0.15) is 10.2 Å². The predicted molar refractivity (Wildman–Crippen MR) is 216 cm³/mol. The number of ether oxygens (including phenoxy) is 1. The van der Waals surface area contributed by atoms with Gasteiger partial charge in [0.05, 0.1) is 47.7 Å². The van der Waals surface area contributed by atoms with Crippen LogP contribution in [0.3, 0.4) is 0 Å². The summed E-state index contributed by atoms with van der Waals surface area (Å²) < 4.78 is 40.0. The van der Waals surface area contributed by atoms with Crippen molar-refractivity contribution in [2.24, 2.45) is 13.0 Å². The summed E-state index contributed by atoms with van der Waals surface area (Å²) in [6, 6.07) is 6.58. The molecule has 16 nitrogen and oxygen atoms in total. The molecule has 4 aromatic heterocycles. The molecule has 0 radical (unpaired) electrons. The van der Waals surface area contributed by atoms with Crippen molar-refractivity contribution in [2.75, 3.05) is 57.8 Å². The van der Waals surface area contributed by atoms with Gasteiger partial charge in [-0.3, -0.25) is 38.4 Å². The lowest BCUT2D eigenvalue weighted by Crippen LogP contribution is -2.48. The fourth-order valence-electron chi connectivity index (χ4n) is 9.18. The summed E-state index contributed by atoms with van der Waals surface area (Å²) in [6.45, 7) is 6.35. The average molecular weight is 824 g/mol. The number of aryl methyl sites for hydroxylation is 1. The number of piperidine rings is 1. The Kier molecular flexibility index (Phi) is 11.0. The average Bonchev–Trinajstić information content (AvgIpc) is 4.06. The minimum Gasteiger partial charge on any atom is -0.381 e. The summed E-state index contributed by atoms with van der Waals surface area (Å²) in [5.74, 6) is 5.81. The van der Waals surface area contributed by atoms with E-state index >= 15 is 0 Å². The van der Waals surface area contributed by atoms with Gasteiger partial charge in [-0.15, -0.1) is 0 Å². The van der Waals surface area contributed by atoms with Gasteiger partial charge in [0.2, 0.25) is 11.8 Å². The highest BCUT2D eigenvalue weighted by molar-refractivity contribution is 6.08. The van der Waals surface area contributed by atoms with E-state index in [0.717, 1.165) is 70.5 Å². The second kappa shape index (κ2) is 16.7. The maximum absolute atomic E-state index is 14.2. The molecule has 1 saturated carbocycles. The zero-order valence-electron chi connectivity index (χ0n) is 33.4. The van der Waals surface area contributed by atoms with Gasteiger partial charge in [0.15, 0.2) is 11.3 Å². The molecule has 4 aliphatic rings. The molecule has 7 heterocycles. The highest BCUT2D eigenvalue weighted by Crippen LogP contribution is 2.36. The Balaban J connectivity index is 0.769. The number of carbonyl (C=O) groups excluding carboxylic acids is 3. The summed E-state index contributed by atoms with van der Waals surface area (Å²) in [4.78, 5) is 60.5. The molecule has 5 aromatic rings. The van der Waals surface area contributed by atoms with Crippen molar-refractivity contribution in [3.05, 3.63) is 75.9 Å². The number of nitrogens with zero attached hydrogens (tertiary/aromatic N) is 9. The highest BCUT2D eigenvalue weighted by Gasteiger charge is 2.32. The van der Waals surface area contributed by atoms with Gasteiger partial charge in [-0.1, -0.05) is 17.9 Å². The molecule has 2 N–H and O–H groups in total. The first-order valence-electron chi connectivity index (χ1n) is 20.7. The number of carbonyl (C=O) groups is 3. The largest absolute Gasteiger partial charge is 0.381 e. The second-order valence-electron chi connectivity index (χ2n) is 16.3.